The smallest absolute Gasteiger partial charge is 0.374 e. The van der Waals surface area contributed by atoms with Crippen LogP contribution in [0.2, 0.25) is 6.04 Å². The fraction of sp³-hybridized carbons (Fsp3) is 0.562. The van der Waals surface area contributed by atoms with E-state index in [2.05, 4.69) is 6.07 Å². The molecule has 0 heterocycles. The second-order valence-electron chi connectivity index (χ2n) is 4.66. The minimum atomic E-state index is -2.73. The van der Waals surface area contributed by atoms with Crippen molar-refractivity contribution < 1.29 is 13.3 Å². The van der Waals surface area contributed by atoms with E-state index < -0.39 is 8.80 Å². The van der Waals surface area contributed by atoms with Crippen molar-refractivity contribution in [1.29, 1.82) is 5.26 Å². The molecule has 5 heteroatoms. The first-order valence-corrected chi connectivity index (χ1v) is 9.48. The highest BCUT2D eigenvalue weighted by atomic mass is 28.4. The van der Waals surface area contributed by atoms with Gasteiger partial charge in [0.1, 0.15) is 0 Å². The molecule has 116 valence electrons. The molecular weight excluding hydrogens is 282 g/mol. The molecule has 0 N–H and O–H groups in total. The third-order valence-corrected chi connectivity index (χ3v) is 6.38. The average Bonchev–Trinajstić information content (AvgIpc) is 2.48. The summed E-state index contributed by atoms with van der Waals surface area (Å²) in [5, 5.41) is 9.13. The topological polar surface area (TPSA) is 51.5 Å². The van der Waals surface area contributed by atoms with Gasteiger partial charge in [0.2, 0.25) is 0 Å². The largest absolute Gasteiger partial charge is 0.501 e. The van der Waals surface area contributed by atoms with Gasteiger partial charge in [0.05, 0.1) is 6.07 Å². The van der Waals surface area contributed by atoms with E-state index in [1.807, 2.05) is 51.1 Å². The second kappa shape index (κ2) is 9.69. The van der Waals surface area contributed by atoms with Gasteiger partial charge in [-0.3, -0.25) is 0 Å². The number of nitrogens with zero attached hydrogens (tertiary/aromatic N) is 1. The summed E-state index contributed by atoms with van der Waals surface area (Å²) in [6, 6.07) is 13.0. The Bertz CT molecular complexity index is 416. The Morgan fingerprint density at radius 3 is 1.95 bits per heavy atom. The predicted molar refractivity (Wildman–Crippen MR) is 84.9 cm³/mol. The highest BCUT2D eigenvalue weighted by Gasteiger charge is 2.43. The first-order chi connectivity index (χ1) is 10.2. The van der Waals surface area contributed by atoms with E-state index in [0.717, 1.165) is 5.56 Å². The van der Waals surface area contributed by atoms with Gasteiger partial charge in [-0.1, -0.05) is 30.3 Å². The van der Waals surface area contributed by atoms with E-state index >= 15 is 0 Å². The van der Waals surface area contributed by atoms with Crippen LogP contribution in [0.25, 0.3) is 0 Å². The van der Waals surface area contributed by atoms with Gasteiger partial charge in [-0.25, -0.2) is 0 Å². The van der Waals surface area contributed by atoms with Gasteiger partial charge in [-0.2, -0.15) is 5.26 Å². The van der Waals surface area contributed by atoms with Gasteiger partial charge in [-0.15, -0.1) is 0 Å². The average molecular weight is 307 g/mol. The molecule has 21 heavy (non-hydrogen) atoms. The Balaban J connectivity index is 2.97. The van der Waals surface area contributed by atoms with Crippen LogP contribution in [0.3, 0.4) is 0 Å². The summed E-state index contributed by atoms with van der Waals surface area (Å²) in [6.07, 6.45) is 0.436. The van der Waals surface area contributed by atoms with E-state index in [1.54, 1.807) is 0 Å². The normalized spacial score (nSPS) is 12.9. The lowest BCUT2D eigenvalue weighted by Crippen LogP contribution is -2.47. The molecule has 1 atom stereocenters. The number of hydrogen-bond donors (Lipinski definition) is 0. The van der Waals surface area contributed by atoms with Crippen molar-refractivity contribution >= 4 is 8.80 Å². The summed E-state index contributed by atoms with van der Waals surface area (Å²) in [7, 11) is -2.73. The van der Waals surface area contributed by atoms with Gasteiger partial charge in [0.15, 0.2) is 0 Å². The fourth-order valence-corrected chi connectivity index (χ4v) is 5.31. The SMILES string of the molecule is CCO[Si](CC(CC#N)c1ccccc1)(OCC)OCC. The van der Waals surface area contributed by atoms with E-state index in [-0.39, 0.29) is 5.92 Å². The van der Waals surface area contributed by atoms with Crippen molar-refractivity contribution in [3.63, 3.8) is 0 Å². The maximum absolute atomic E-state index is 9.13. The Morgan fingerprint density at radius 1 is 1.00 bits per heavy atom. The molecular formula is C16H25NO3Si. The van der Waals surface area contributed by atoms with Crippen LogP contribution in [0.15, 0.2) is 30.3 Å². The van der Waals surface area contributed by atoms with Crippen LogP contribution < -0.4 is 0 Å². The zero-order valence-corrected chi connectivity index (χ0v) is 14.2. The molecule has 0 radical (unpaired) electrons. The van der Waals surface area contributed by atoms with Gasteiger partial charge in [-0.05, 0) is 26.3 Å². The van der Waals surface area contributed by atoms with E-state index in [1.165, 1.54) is 0 Å². The first-order valence-electron chi connectivity index (χ1n) is 7.55. The van der Waals surface area contributed by atoms with Gasteiger partial charge >= 0.3 is 8.80 Å². The molecule has 1 aromatic carbocycles. The van der Waals surface area contributed by atoms with Crippen LogP contribution in [-0.2, 0) is 13.3 Å². The monoisotopic (exact) mass is 307 g/mol. The molecule has 4 nitrogen and oxygen atoms in total. The van der Waals surface area contributed by atoms with Crippen molar-refractivity contribution in [1.82, 2.24) is 0 Å². The van der Waals surface area contributed by atoms with E-state index in [0.29, 0.717) is 32.3 Å². The highest BCUT2D eigenvalue weighted by Crippen LogP contribution is 2.31. The standard InChI is InChI=1S/C16H25NO3Si/c1-4-18-21(19-5-2,20-6-3)14-16(12-13-17)15-10-8-7-9-11-15/h7-11,16H,4-6,12,14H2,1-3H3. The number of benzene rings is 1. The van der Waals surface area contributed by atoms with E-state index in [9.17, 15) is 0 Å². The molecule has 0 saturated heterocycles. The molecule has 0 bridgehead atoms. The molecule has 1 rings (SSSR count). The lowest BCUT2D eigenvalue weighted by Gasteiger charge is -2.31. The Kier molecular flexibility index (Phi) is 8.24. The third kappa shape index (κ3) is 5.60. The number of rotatable bonds is 10. The maximum Gasteiger partial charge on any atom is 0.501 e. The van der Waals surface area contributed by atoms with Crippen molar-refractivity contribution in [2.24, 2.45) is 0 Å². The lowest BCUT2D eigenvalue weighted by molar-refractivity contribution is 0.0695. The van der Waals surface area contributed by atoms with Crippen LogP contribution in [0.5, 0.6) is 0 Å². The second-order valence-corrected chi connectivity index (χ2v) is 7.30. The van der Waals surface area contributed by atoms with Crippen LogP contribution in [-0.4, -0.2) is 28.6 Å². The summed E-state index contributed by atoms with van der Waals surface area (Å²) < 4.78 is 17.7. The summed E-state index contributed by atoms with van der Waals surface area (Å²) in [5.74, 6) is 0.0764. The maximum atomic E-state index is 9.13. The Labute approximate surface area is 129 Å². The molecule has 0 aliphatic heterocycles. The minimum absolute atomic E-state index is 0.0764. The highest BCUT2D eigenvalue weighted by molar-refractivity contribution is 6.60. The zero-order chi connectivity index (χ0) is 15.6. The van der Waals surface area contributed by atoms with Crippen molar-refractivity contribution in [2.75, 3.05) is 19.8 Å². The number of hydrogen-bond acceptors (Lipinski definition) is 4. The first kappa shape index (κ1) is 17.9. The number of nitriles is 1. The Hall–Kier alpha value is -1.19. The zero-order valence-electron chi connectivity index (χ0n) is 13.2. The predicted octanol–water partition coefficient (Wildman–Crippen LogP) is 3.73. The van der Waals surface area contributed by atoms with Gasteiger partial charge < -0.3 is 13.3 Å². The van der Waals surface area contributed by atoms with Crippen LogP contribution in [0.4, 0.5) is 0 Å². The van der Waals surface area contributed by atoms with Crippen LogP contribution in [0.1, 0.15) is 38.7 Å². The van der Waals surface area contributed by atoms with E-state index in [4.69, 9.17) is 18.5 Å². The molecule has 0 aliphatic carbocycles. The molecule has 1 aromatic rings. The Morgan fingerprint density at radius 2 is 1.52 bits per heavy atom. The van der Waals surface area contributed by atoms with Crippen molar-refractivity contribution in [3.8, 4) is 6.07 Å². The van der Waals surface area contributed by atoms with Crippen molar-refractivity contribution in [3.05, 3.63) is 35.9 Å². The summed E-state index contributed by atoms with van der Waals surface area (Å²) in [5.41, 5.74) is 1.13. The van der Waals surface area contributed by atoms with Crippen LogP contribution in [0, 0.1) is 11.3 Å². The molecule has 0 amide bonds. The summed E-state index contributed by atoms with van der Waals surface area (Å²) in [6.45, 7) is 7.51. The molecule has 0 aromatic heterocycles. The molecule has 0 spiro atoms. The molecule has 0 fully saturated rings. The molecule has 1 unspecified atom stereocenters. The van der Waals surface area contributed by atoms with Gasteiger partial charge in [0, 0.05) is 38.2 Å². The minimum Gasteiger partial charge on any atom is -0.374 e. The fourth-order valence-electron chi connectivity index (χ4n) is 2.41. The quantitative estimate of drug-likeness (QED) is 0.618. The lowest BCUT2D eigenvalue weighted by atomic mass is 9.98. The summed E-state index contributed by atoms with van der Waals surface area (Å²) in [4.78, 5) is 0. The third-order valence-electron chi connectivity index (χ3n) is 3.20. The van der Waals surface area contributed by atoms with Gasteiger partial charge in [0.25, 0.3) is 0 Å². The molecule has 0 saturated carbocycles. The van der Waals surface area contributed by atoms with Crippen molar-refractivity contribution in [2.45, 2.75) is 39.2 Å². The summed E-state index contributed by atoms with van der Waals surface area (Å²) >= 11 is 0. The van der Waals surface area contributed by atoms with Crippen LogP contribution >= 0.6 is 0 Å². The molecule has 0 aliphatic rings.